The van der Waals surface area contributed by atoms with Crippen molar-refractivity contribution in [3.63, 3.8) is 0 Å². The molecule has 1 rings (SSSR count). The molecule has 1 aromatic carbocycles. The van der Waals surface area contributed by atoms with Crippen molar-refractivity contribution in [1.82, 2.24) is 0 Å². The fourth-order valence-electron chi connectivity index (χ4n) is 3.99. The van der Waals surface area contributed by atoms with Crippen LogP contribution in [-0.2, 0) is 20.7 Å². The van der Waals surface area contributed by atoms with Gasteiger partial charge >= 0.3 is 0 Å². The number of amides is 1. The number of hydrogen-bond donors (Lipinski definition) is 2. The normalized spacial score (nSPS) is 11.9. The molecule has 0 fully saturated rings. The third-order valence-electron chi connectivity index (χ3n) is 5.94. The van der Waals surface area contributed by atoms with E-state index in [4.69, 9.17) is 20.9 Å². The molecule has 0 aliphatic heterocycles. The number of unbranched alkanes of at least 4 members (excludes halogenated alkanes) is 12. The summed E-state index contributed by atoms with van der Waals surface area (Å²) >= 11 is 0. The standard InChI is InChI=1S/C28H48N2O3/c1-2-3-4-5-6-7-8-9-10-11-12-13-17-20-27(33-24-32-22-21-29)26(28(30)31)23-25-18-15-14-16-19-25/h14-16,18-19H,2-13,17,20-24,29H2,1H3,(H2,30,31). The summed E-state index contributed by atoms with van der Waals surface area (Å²) in [5.41, 5.74) is 12.8. The Morgan fingerprint density at radius 1 is 0.818 bits per heavy atom. The number of hydrogen-bond acceptors (Lipinski definition) is 4. The van der Waals surface area contributed by atoms with Gasteiger partial charge < -0.3 is 20.9 Å². The lowest BCUT2D eigenvalue weighted by Crippen LogP contribution is -2.20. The second kappa shape index (κ2) is 20.7. The number of benzene rings is 1. The van der Waals surface area contributed by atoms with Crippen LogP contribution in [0.4, 0.5) is 0 Å². The summed E-state index contributed by atoms with van der Waals surface area (Å²) in [6.07, 6.45) is 18.1. The van der Waals surface area contributed by atoms with E-state index in [0.29, 0.717) is 37.3 Å². The summed E-state index contributed by atoms with van der Waals surface area (Å²) in [6, 6.07) is 9.88. The third-order valence-corrected chi connectivity index (χ3v) is 5.94. The Morgan fingerprint density at radius 3 is 1.88 bits per heavy atom. The van der Waals surface area contributed by atoms with Crippen molar-refractivity contribution in [2.24, 2.45) is 11.5 Å². The summed E-state index contributed by atoms with van der Waals surface area (Å²) in [6.45, 7) is 3.23. The number of carbonyl (C=O) groups is 1. The van der Waals surface area contributed by atoms with E-state index < -0.39 is 5.91 Å². The molecule has 4 N–H and O–H groups in total. The van der Waals surface area contributed by atoms with Gasteiger partial charge in [-0.2, -0.15) is 0 Å². The molecule has 0 bridgehead atoms. The van der Waals surface area contributed by atoms with E-state index in [1.54, 1.807) is 0 Å². The predicted octanol–water partition coefficient (Wildman–Crippen LogP) is 6.40. The van der Waals surface area contributed by atoms with E-state index in [-0.39, 0.29) is 6.79 Å². The lowest BCUT2D eigenvalue weighted by atomic mass is 10.0. The van der Waals surface area contributed by atoms with Crippen molar-refractivity contribution >= 4 is 5.91 Å². The van der Waals surface area contributed by atoms with E-state index in [1.807, 2.05) is 30.3 Å². The summed E-state index contributed by atoms with van der Waals surface area (Å²) in [5.74, 6) is 0.230. The van der Waals surface area contributed by atoms with Gasteiger partial charge in [-0.3, -0.25) is 4.79 Å². The molecule has 5 nitrogen and oxygen atoms in total. The molecule has 5 heteroatoms. The molecule has 0 aliphatic rings. The van der Waals surface area contributed by atoms with Crippen LogP contribution >= 0.6 is 0 Å². The first-order chi connectivity index (χ1) is 16.2. The molecular weight excluding hydrogens is 412 g/mol. The predicted molar refractivity (Wildman–Crippen MR) is 138 cm³/mol. The van der Waals surface area contributed by atoms with Crippen molar-refractivity contribution in [1.29, 1.82) is 0 Å². The molecule has 0 radical (unpaired) electrons. The highest BCUT2D eigenvalue weighted by Crippen LogP contribution is 2.20. The van der Waals surface area contributed by atoms with E-state index >= 15 is 0 Å². The maximum Gasteiger partial charge on any atom is 0.248 e. The first-order valence-electron chi connectivity index (χ1n) is 13.1. The van der Waals surface area contributed by atoms with Crippen LogP contribution in [0.2, 0.25) is 0 Å². The molecule has 33 heavy (non-hydrogen) atoms. The molecule has 0 heterocycles. The molecule has 0 spiro atoms. The average molecular weight is 461 g/mol. The molecule has 0 aliphatic carbocycles. The van der Waals surface area contributed by atoms with Crippen LogP contribution in [0.25, 0.3) is 0 Å². The maximum atomic E-state index is 12.2. The average Bonchev–Trinajstić information content (AvgIpc) is 2.82. The smallest absolute Gasteiger partial charge is 0.248 e. The molecular formula is C28H48N2O3. The fraction of sp³-hybridized carbons (Fsp3) is 0.679. The number of ether oxygens (including phenoxy) is 2. The van der Waals surface area contributed by atoms with Gasteiger partial charge in [-0.05, 0) is 12.0 Å². The van der Waals surface area contributed by atoms with Gasteiger partial charge in [-0.25, -0.2) is 0 Å². The maximum absolute atomic E-state index is 12.2. The Balaban J connectivity index is 2.37. The van der Waals surface area contributed by atoms with Gasteiger partial charge in [-0.15, -0.1) is 0 Å². The molecule has 0 saturated carbocycles. The Bertz CT molecular complexity index is 631. The second-order valence-electron chi connectivity index (χ2n) is 8.88. The zero-order valence-corrected chi connectivity index (χ0v) is 21.0. The van der Waals surface area contributed by atoms with Crippen molar-refractivity contribution < 1.29 is 14.3 Å². The quantitative estimate of drug-likeness (QED) is 0.0907. The lowest BCUT2D eigenvalue weighted by Gasteiger charge is -2.15. The first kappa shape index (κ1) is 29.2. The van der Waals surface area contributed by atoms with Crippen LogP contribution in [-0.4, -0.2) is 25.9 Å². The summed E-state index contributed by atoms with van der Waals surface area (Å²) in [7, 11) is 0. The van der Waals surface area contributed by atoms with Crippen LogP contribution in [0.3, 0.4) is 0 Å². The SMILES string of the molecule is CCCCCCCCCCCCCCCC(OCOCCN)=C(Cc1ccccc1)C(N)=O. The molecule has 1 aromatic rings. The number of nitrogens with two attached hydrogens (primary N) is 2. The highest BCUT2D eigenvalue weighted by atomic mass is 16.7. The Kier molecular flexibility index (Phi) is 18.3. The van der Waals surface area contributed by atoms with Gasteiger partial charge in [0.05, 0.1) is 12.2 Å². The number of rotatable bonds is 22. The van der Waals surface area contributed by atoms with Crippen molar-refractivity contribution in [3.05, 3.63) is 47.2 Å². The van der Waals surface area contributed by atoms with E-state index in [2.05, 4.69) is 6.92 Å². The molecule has 1 amide bonds. The minimum absolute atomic E-state index is 0.0938. The van der Waals surface area contributed by atoms with Crippen LogP contribution < -0.4 is 11.5 Å². The van der Waals surface area contributed by atoms with Crippen LogP contribution in [0.5, 0.6) is 0 Å². The second-order valence-corrected chi connectivity index (χ2v) is 8.88. The lowest BCUT2D eigenvalue weighted by molar-refractivity contribution is -0.115. The number of primary amides is 1. The largest absolute Gasteiger partial charge is 0.471 e. The molecule has 0 aromatic heterocycles. The van der Waals surface area contributed by atoms with Gasteiger partial charge in [0, 0.05) is 19.4 Å². The first-order valence-corrected chi connectivity index (χ1v) is 13.1. The molecule has 0 atom stereocenters. The van der Waals surface area contributed by atoms with Crippen molar-refractivity contribution in [3.8, 4) is 0 Å². The van der Waals surface area contributed by atoms with Crippen LogP contribution in [0.15, 0.2) is 41.7 Å². The summed E-state index contributed by atoms with van der Waals surface area (Å²) in [4.78, 5) is 12.2. The van der Waals surface area contributed by atoms with E-state index in [9.17, 15) is 4.79 Å². The zero-order valence-electron chi connectivity index (χ0n) is 21.0. The van der Waals surface area contributed by atoms with Gasteiger partial charge in [0.2, 0.25) is 5.91 Å². The van der Waals surface area contributed by atoms with Gasteiger partial charge in [0.1, 0.15) is 5.76 Å². The minimum atomic E-state index is -0.428. The van der Waals surface area contributed by atoms with Gasteiger partial charge in [0.15, 0.2) is 6.79 Å². The van der Waals surface area contributed by atoms with E-state index in [0.717, 1.165) is 18.4 Å². The molecule has 0 unspecified atom stereocenters. The molecule has 188 valence electrons. The van der Waals surface area contributed by atoms with Gasteiger partial charge in [0.25, 0.3) is 0 Å². The Morgan fingerprint density at radius 2 is 1.36 bits per heavy atom. The van der Waals surface area contributed by atoms with E-state index in [1.165, 1.54) is 70.6 Å². The monoisotopic (exact) mass is 460 g/mol. The zero-order chi connectivity index (χ0) is 24.0. The molecule has 0 saturated heterocycles. The fourth-order valence-corrected chi connectivity index (χ4v) is 3.99. The van der Waals surface area contributed by atoms with Crippen LogP contribution in [0, 0.1) is 0 Å². The van der Waals surface area contributed by atoms with Crippen molar-refractivity contribution in [2.75, 3.05) is 19.9 Å². The topological polar surface area (TPSA) is 87.6 Å². The number of carbonyl (C=O) groups excluding carboxylic acids is 1. The third kappa shape index (κ3) is 15.6. The highest BCUT2D eigenvalue weighted by Gasteiger charge is 2.15. The number of allylic oxidation sites excluding steroid dienone is 1. The van der Waals surface area contributed by atoms with Crippen LogP contribution in [0.1, 0.15) is 102 Å². The summed E-state index contributed by atoms with van der Waals surface area (Å²) in [5, 5.41) is 0. The highest BCUT2D eigenvalue weighted by molar-refractivity contribution is 5.92. The van der Waals surface area contributed by atoms with Crippen molar-refractivity contribution in [2.45, 2.75) is 103 Å². The Hall–Kier alpha value is -1.85. The van der Waals surface area contributed by atoms with Gasteiger partial charge in [-0.1, -0.05) is 114 Å². The minimum Gasteiger partial charge on any atom is -0.471 e. The summed E-state index contributed by atoms with van der Waals surface area (Å²) < 4.78 is 11.2. The Labute approximate surface area is 202 Å².